The zero-order chi connectivity index (χ0) is 11.9. The first kappa shape index (κ1) is 11.2. The van der Waals surface area contributed by atoms with E-state index in [0.29, 0.717) is 18.7 Å². The van der Waals surface area contributed by atoms with Crippen LogP contribution in [0.4, 0.5) is 0 Å². The Bertz CT molecular complexity index is 516. The van der Waals surface area contributed by atoms with Crippen molar-refractivity contribution in [2.75, 3.05) is 0 Å². The lowest BCUT2D eigenvalue weighted by atomic mass is 10.1. The second-order valence-corrected chi connectivity index (χ2v) is 3.58. The van der Waals surface area contributed by atoms with Gasteiger partial charge in [-0.25, -0.2) is 9.97 Å². The monoisotopic (exact) mass is 224 g/mol. The van der Waals surface area contributed by atoms with Gasteiger partial charge in [0.25, 0.3) is 0 Å². The van der Waals surface area contributed by atoms with Crippen molar-refractivity contribution in [3.05, 3.63) is 59.7 Å². The first-order valence-corrected chi connectivity index (χ1v) is 5.34. The molecule has 0 aliphatic rings. The Morgan fingerprint density at radius 2 is 1.94 bits per heavy atom. The van der Waals surface area contributed by atoms with Gasteiger partial charge < -0.3 is 5.32 Å². The summed E-state index contributed by atoms with van der Waals surface area (Å²) in [4.78, 5) is 8.24. The lowest BCUT2D eigenvalue weighted by Gasteiger charge is -2.03. The molecule has 84 valence electrons. The van der Waals surface area contributed by atoms with Crippen LogP contribution in [-0.4, -0.2) is 9.97 Å². The second kappa shape index (κ2) is 5.73. The van der Waals surface area contributed by atoms with Crippen molar-refractivity contribution in [1.29, 1.82) is 5.26 Å². The van der Waals surface area contributed by atoms with Crippen LogP contribution in [0.25, 0.3) is 0 Å². The average Bonchev–Trinajstić information content (AvgIpc) is 2.40. The van der Waals surface area contributed by atoms with Gasteiger partial charge in [-0.15, -0.1) is 0 Å². The smallest absolute Gasteiger partial charge is 0.141 e. The fraction of sp³-hybridized carbons (Fsp3) is 0.154. The fourth-order valence-electron chi connectivity index (χ4n) is 1.49. The third-order valence-electron chi connectivity index (χ3n) is 2.29. The summed E-state index contributed by atoms with van der Waals surface area (Å²) in [6.45, 7) is 1.32. The zero-order valence-electron chi connectivity index (χ0n) is 9.30. The highest BCUT2D eigenvalue weighted by Crippen LogP contribution is 2.03. The molecule has 2 aromatic rings. The van der Waals surface area contributed by atoms with E-state index in [2.05, 4.69) is 21.4 Å². The molecule has 0 amide bonds. The van der Waals surface area contributed by atoms with E-state index in [-0.39, 0.29) is 0 Å². The zero-order valence-corrected chi connectivity index (χ0v) is 9.30. The van der Waals surface area contributed by atoms with Crippen LogP contribution in [0.3, 0.4) is 0 Å². The summed E-state index contributed by atoms with van der Waals surface area (Å²) in [6, 6.07) is 11.5. The molecule has 0 saturated heterocycles. The molecule has 4 nitrogen and oxygen atoms in total. The number of benzene rings is 1. The van der Waals surface area contributed by atoms with E-state index in [0.717, 1.165) is 11.4 Å². The largest absolute Gasteiger partial charge is 0.306 e. The number of nitrogens with one attached hydrogen (secondary N) is 1. The van der Waals surface area contributed by atoms with Crippen LogP contribution in [0.1, 0.15) is 17.0 Å². The minimum Gasteiger partial charge on any atom is -0.306 e. The average molecular weight is 224 g/mol. The first-order chi connectivity index (χ1) is 8.38. The molecule has 0 aliphatic heterocycles. The predicted octanol–water partition coefficient (Wildman–Crippen LogP) is 1.64. The van der Waals surface area contributed by atoms with Crippen molar-refractivity contribution < 1.29 is 0 Å². The van der Waals surface area contributed by atoms with Gasteiger partial charge in [-0.3, -0.25) is 0 Å². The maximum Gasteiger partial charge on any atom is 0.141 e. The molecule has 4 heteroatoms. The van der Waals surface area contributed by atoms with Crippen molar-refractivity contribution in [2.24, 2.45) is 0 Å². The van der Waals surface area contributed by atoms with Gasteiger partial charge in [-0.05, 0) is 23.8 Å². The Hall–Kier alpha value is -2.25. The Labute approximate surface area is 100.0 Å². The fourth-order valence-corrected chi connectivity index (χ4v) is 1.49. The molecule has 0 bridgehead atoms. The van der Waals surface area contributed by atoms with Gasteiger partial charge in [0, 0.05) is 18.9 Å². The molecule has 2 rings (SSSR count). The molecule has 17 heavy (non-hydrogen) atoms. The summed E-state index contributed by atoms with van der Waals surface area (Å²) in [7, 11) is 0. The van der Waals surface area contributed by atoms with Crippen LogP contribution in [0.2, 0.25) is 0 Å². The van der Waals surface area contributed by atoms with E-state index in [1.807, 2.05) is 18.2 Å². The van der Waals surface area contributed by atoms with Crippen molar-refractivity contribution in [2.45, 2.75) is 13.1 Å². The molecule has 1 aromatic heterocycles. The SMILES string of the molecule is N#Cc1cccc(CNCc2ncccn2)c1. The molecule has 0 fully saturated rings. The van der Waals surface area contributed by atoms with E-state index in [9.17, 15) is 0 Å². The van der Waals surface area contributed by atoms with Crippen molar-refractivity contribution in [3.8, 4) is 6.07 Å². The number of nitrogens with zero attached hydrogens (tertiary/aromatic N) is 3. The van der Waals surface area contributed by atoms with E-state index in [1.54, 1.807) is 24.5 Å². The Kier molecular flexibility index (Phi) is 3.79. The van der Waals surface area contributed by atoms with Gasteiger partial charge in [-0.1, -0.05) is 12.1 Å². The summed E-state index contributed by atoms with van der Waals surface area (Å²) < 4.78 is 0. The number of aromatic nitrogens is 2. The molecule has 0 saturated carbocycles. The standard InChI is InChI=1S/C13H12N4/c14-8-11-3-1-4-12(7-11)9-15-10-13-16-5-2-6-17-13/h1-7,15H,9-10H2. The maximum absolute atomic E-state index is 8.78. The molecule has 0 spiro atoms. The molecule has 0 atom stereocenters. The van der Waals surface area contributed by atoms with Crippen molar-refractivity contribution in [1.82, 2.24) is 15.3 Å². The predicted molar refractivity (Wildman–Crippen MR) is 63.7 cm³/mol. The normalized spacial score (nSPS) is 9.82. The summed E-state index contributed by atoms with van der Waals surface area (Å²) in [5.41, 5.74) is 1.76. The van der Waals surface area contributed by atoms with Crippen LogP contribution in [0.15, 0.2) is 42.7 Å². The summed E-state index contributed by atoms with van der Waals surface area (Å²) in [6.07, 6.45) is 3.45. The van der Waals surface area contributed by atoms with E-state index in [4.69, 9.17) is 5.26 Å². The van der Waals surface area contributed by atoms with Crippen LogP contribution < -0.4 is 5.32 Å². The van der Waals surface area contributed by atoms with E-state index in [1.165, 1.54) is 0 Å². The Morgan fingerprint density at radius 3 is 2.71 bits per heavy atom. The van der Waals surface area contributed by atoms with Crippen molar-refractivity contribution in [3.63, 3.8) is 0 Å². The lowest BCUT2D eigenvalue weighted by Crippen LogP contribution is -2.14. The van der Waals surface area contributed by atoms with Crippen LogP contribution in [0.5, 0.6) is 0 Å². The third-order valence-corrected chi connectivity index (χ3v) is 2.29. The van der Waals surface area contributed by atoms with Gasteiger partial charge in [0.15, 0.2) is 0 Å². The number of hydrogen-bond donors (Lipinski definition) is 1. The molecular weight excluding hydrogens is 212 g/mol. The van der Waals surface area contributed by atoms with E-state index < -0.39 is 0 Å². The number of hydrogen-bond acceptors (Lipinski definition) is 4. The summed E-state index contributed by atoms with van der Waals surface area (Å²) in [5.74, 6) is 0.768. The van der Waals surface area contributed by atoms with Gasteiger partial charge in [0.1, 0.15) is 5.82 Å². The highest BCUT2D eigenvalue weighted by atomic mass is 14.9. The first-order valence-electron chi connectivity index (χ1n) is 5.34. The van der Waals surface area contributed by atoms with Crippen LogP contribution in [-0.2, 0) is 13.1 Å². The van der Waals surface area contributed by atoms with Crippen LogP contribution >= 0.6 is 0 Å². The Balaban J connectivity index is 1.88. The molecule has 0 unspecified atom stereocenters. The summed E-state index contributed by atoms with van der Waals surface area (Å²) >= 11 is 0. The molecular formula is C13H12N4. The minimum absolute atomic E-state index is 0.623. The molecule has 1 aromatic carbocycles. The summed E-state index contributed by atoms with van der Waals surface area (Å²) in [5, 5.41) is 12.0. The third kappa shape index (κ3) is 3.37. The highest BCUT2D eigenvalue weighted by Gasteiger charge is 1.97. The van der Waals surface area contributed by atoms with Gasteiger partial charge in [-0.2, -0.15) is 5.26 Å². The Morgan fingerprint density at radius 1 is 1.12 bits per heavy atom. The maximum atomic E-state index is 8.78. The highest BCUT2D eigenvalue weighted by molar-refractivity contribution is 5.32. The second-order valence-electron chi connectivity index (χ2n) is 3.58. The molecule has 1 N–H and O–H groups in total. The van der Waals surface area contributed by atoms with Crippen LogP contribution in [0, 0.1) is 11.3 Å². The lowest BCUT2D eigenvalue weighted by molar-refractivity contribution is 0.662. The number of nitriles is 1. The molecule has 1 heterocycles. The van der Waals surface area contributed by atoms with E-state index >= 15 is 0 Å². The molecule has 0 aliphatic carbocycles. The topological polar surface area (TPSA) is 61.6 Å². The van der Waals surface area contributed by atoms with Gasteiger partial charge >= 0.3 is 0 Å². The van der Waals surface area contributed by atoms with Gasteiger partial charge in [0.2, 0.25) is 0 Å². The quantitative estimate of drug-likeness (QED) is 0.857. The number of rotatable bonds is 4. The van der Waals surface area contributed by atoms with Crippen molar-refractivity contribution >= 4 is 0 Å². The minimum atomic E-state index is 0.623. The molecule has 0 radical (unpaired) electrons. The van der Waals surface area contributed by atoms with Gasteiger partial charge in [0.05, 0.1) is 18.2 Å².